The molecular formula is C8H8ClF2NO2. The number of alkyl halides is 3. The second-order valence-electron chi connectivity index (χ2n) is 2.60. The van der Waals surface area contributed by atoms with Gasteiger partial charge in [0.15, 0.2) is 6.10 Å². The molecule has 1 N–H and O–H groups in total. The number of methoxy groups -OCH3 is 1. The Kier molecular flexibility index (Phi) is 3.23. The lowest BCUT2D eigenvalue weighted by molar-refractivity contribution is -0.0427. The Morgan fingerprint density at radius 1 is 1.57 bits per heavy atom. The molecule has 3 nitrogen and oxygen atoms in total. The van der Waals surface area contributed by atoms with Crippen LogP contribution in [0.3, 0.4) is 0 Å². The lowest BCUT2D eigenvalue weighted by atomic mass is 10.1. The average molecular weight is 224 g/mol. The SMILES string of the molecule is COc1cncc(C(O)C(F)(F)Cl)c1. The highest BCUT2D eigenvalue weighted by molar-refractivity contribution is 6.22. The van der Waals surface area contributed by atoms with E-state index in [1.165, 1.54) is 19.4 Å². The summed E-state index contributed by atoms with van der Waals surface area (Å²) in [6.07, 6.45) is 0.346. The zero-order valence-corrected chi connectivity index (χ0v) is 8.00. The van der Waals surface area contributed by atoms with Crippen LogP contribution in [-0.4, -0.2) is 22.6 Å². The van der Waals surface area contributed by atoms with Crippen LogP contribution in [-0.2, 0) is 0 Å². The molecule has 6 heteroatoms. The number of hydrogen-bond acceptors (Lipinski definition) is 3. The zero-order chi connectivity index (χ0) is 10.8. The monoisotopic (exact) mass is 223 g/mol. The van der Waals surface area contributed by atoms with Crippen molar-refractivity contribution in [3.8, 4) is 5.75 Å². The summed E-state index contributed by atoms with van der Waals surface area (Å²) in [5.74, 6) is 0.280. The van der Waals surface area contributed by atoms with Crippen molar-refractivity contribution in [2.75, 3.05) is 7.11 Å². The van der Waals surface area contributed by atoms with Gasteiger partial charge < -0.3 is 9.84 Å². The van der Waals surface area contributed by atoms with Gasteiger partial charge in [-0.3, -0.25) is 4.98 Å². The first-order valence-electron chi connectivity index (χ1n) is 3.69. The molecule has 1 heterocycles. The van der Waals surface area contributed by atoms with Crippen LogP contribution in [0.15, 0.2) is 18.5 Å². The van der Waals surface area contributed by atoms with E-state index in [0.717, 1.165) is 6.20 Å². The Morgan fingerprint density at radius 2 is 2.21 bits per heavy atom. The summed E-state index contributed by atoms with van der Waals surface area (Å²) < 4.78 is 29.7. The van der Waals surface area contributed by atoms with Gasteiger partial charge in [-0.1, -0.05) is 0 Å². The largest absolute Gasteiger partial charge is 0.495 e. The first kappa shape index (κ1) is 11.1. The van der Waals surface area contributed by atoms with Gasteiger partial charge in [-0.2, -0.15) is 8.78 Å². The minimum Gasteiger partial charge on any atom is -0.495 e. The Labute approximate surface area is 84.3 Å². The molecule has 0 saturated carbocycles. The van der Waals surface area contributed by atoms with Crippen molar-refractivity contribution in [3.63, 3.8) is 0 Å². The summed E-state index contributed by atoms with van der Waals surface area (Å²) in [4.78, 5) is 3.61. The Balaban J connectivity index is 2.95. The fourth-order valence-corrected chi connectivity index (χ4v) is 1.01. The molecule has 0 saturated heterocycles. The quantitative estimate of drug-likeness (QED) is 0.797. The highest BCUT2D eigenvalue weighted by Crippen LogP contribution is 2.35. The predicted octanol–water partition coefficient (Wildman–Crippen LogP) is 1.96. The molecule has 1 unspecified atom stereocenters. The van der Waals surface area contributed by atoms with Crippen LogP contribution in [0.25, 0.3) is 0 Å². The molecule has 1 rings (SSSR count). The summed E-state index contributed by atoms with van der Waals surface area (Å²) in [6.45, 7) is 0. The van der Waals surface area contributed by atoms with Crippen LogP contribution >= 0.6 is 11.6 Å². The van der Waals surface area contributed by atoms with Gasteiger partial charge in [-0.05, 0) is 17.7 Å². The fraction of sp³-hybridized carbons (Fsp3) is 0.375. The molecule has 0 aliphatic heterocycles. The summed E-state index contributed by atoms with van der Waals surface area (Å²) >= 11 is 4.66. The molecule has 78 valence electrons. The van der Waals surface area contributed by atoms with E-state index in [1.54, 1.807) is 0 Å². The molecule has 1 atom stereocenters. The highest BCUT2D eigenvalue weighted by atomic mass is 35.5. The van der Waals surface area contributed by atoms with E-state index in [-0.39, 0.29) is 11.3 Å². The van der Waals surface area contributed by atoms with Crippen molar-refractivity contribution in [2.24, 2.45) is 0 Å². The van der Waals surface area contributed by atoms with Crippen LogP contribution in [0, 0.1) is 0 Å². The van der Waals surface area contributed by atoms with Crippen molar-refractivity contribution in [1.29, 1.82) is 0 Å². The number of rotatable bonds is 3. The minimum absolute atomic E-state index is 0.0932. The Bertz CT molecular complexity index is 316. The van der Waals surface area contributed by atoms with E-state index in [4.69, 9.17) is 9.84 Å². The number of aliphatic hydroxyl groups excluding tert-OH is 1. The molecule has 0 aromatic carbocycles. The smallest absolute Gasteiger partial charge is 0.351 e. The molecule has 0 aliphatic rings. The fourth-order valence-electron chi connectivity index (χ4n) is 0.886. The van der Waals surface area contributed by atoms with Crippen molar-refractivity contribution in [1.82, 2.24) is 4.98 Å². The maximum atomic E-state index is 12.5. The third kappa shape index (κ3) is 2.52. The van der Waals surface area contributed by atoms with Gasteiger partial charge in [0, 0.05) is 11.8 Å². The van der Waals surface area contributed by atoms with Gasteiger partial charge in [0.1, 0.15) is 5.75 Å². The van der Waals surface area contributed by atoms with Crippen LogP contribution in [0.4, 0.5) is 8.78 Å². The molecule has 0 radical (unpaired) electrons. The van der Waals surface area contributed by atoms with Crippen LogP contribution in [0.2, 0.25) is 0 Å². The maximum Gasteiger partial charge on any atom is 0.351 e. The van der Waals surface area contributed by atoms with Gasteiger partial charge in [-0.25, -0.2) is 0 Å². The Morgan fingerprint density at radius 3 is 2.71 bits per heavy atom. The molecule has 14 heavy (non-hydrogen) atoms. The molecule has 1 aromatic rings. The van der Waals surface area contributed by atoms with Crippen molar-refractivity contribution in [2.45, 2.75) is 11.5 Å². The summed E-state index contributed by atoms with van der Waals surface area (Å²) in [5, 5.41) is 5.39. The van der Waals surface area contributed by atoms with Crippen LogP contribution < -0.4 is 4.74 Å². The van der Waals surface area contributed by atoms with Gasteiger partial charge in [0.25, 0.3) is 0 Å². The lowest BCUT2D eigenvalue weighted by Gasteiger charge is -2.16. The molecule has 1 aromatic heterocycles. The van der Waals surface area contributed by atoms with Crippen molar-refractivity contribution in [3.05, 3.63) is 24.0 Å². The normalized spacial score (nSPS) is 13.8. The van der Waals surface area contributed by atoms with E-state index in [2.05, 4.69) is 16.6 Å². The topological polar surface area (TPSA) is 42.4 Å². The number of ether oxygens (including phenoxy) is 1. The number of aromatic nitrogens is 1. The first-order chi connectivity index (χ1) is 6.45. The zero-order valence-electron chi connectivity index (χ0n) is 7.25. The molecular weight excluding hydrogens is 216 g/mol. The van der Waals surface area contributed by atoms with Gasteiger partial charge in [0.2, 0.25) is 0 Å². The number of aliphatic hydroxyl groups is 1. The van der Waals surface area contributed by atoms with Gasteiger partial charge in [0.05, 0.1) is 13.3 Å². The summed E-state index contributed by atoms with van der Waals surface area (Å²) in [5.41, 5.74) is -0.0932. The molecule has 0 aliphatic carbocycles. The first-order valence-corrected chi connectivity index (χ1v) is 4.06. The third-order valence-corrected chi connectivity index (χ3v) is 1.80. The van der Waals surface area contributed by atoms with E-state index >= 15 is 0 Å². The average Bonchev–Trinajstić information content (AvgIpc) is 2.15. The standard InChI is InChI=1S/C8H8ClF2NO2/c1-14-6-2-5(3-12-4-6)7(13)8(9,10)11/h2-4,7,13H,1H3. The van der Waals surface area contributed by atoms with E-state index in [9.17, 15) is 8.78 Å². The van der Waals surface area contributed by atoms with Crippen LogP contribution in [0.1, 0.15) is 11.7 Å². The van der Waals surface area contributed by atoms with Crippen molar-refractivity contribution < 1.29 is 18.6 Å². The maximum absolute atomic E-state index is 12.5. The van der Waals surface area contributed by atoms with E-state index in [1.807, 2.05) is 0 Å². The Hall–Kier alpha value is -0.940. The number of halogens is 3. The van der Waals surface area contributed by atoms with Gasteiger partial charge in [-0.15, -0.1) is 0 Å². The van der Waals surface area contributed by atoms with Crippen molar-refractivity contribution >= 4 is 11.6 Å². The predicted molar refractivity (Wildman–Crippen MR) is 46.5 cm³/mol. The third-order valence-electron chi connectivity index (χ3n) is 1.60. The van der Waals surface area contributed by atoms with Crippen LogP contribution in [0.5, 0.6) is 5.75 Å². The number of pyridine rings is 1. The summed E-state index contributed by atoms with van der Waals surface area (Å²) in [7, 11) is 1.37. The van der Waals surface area contributed by atoms with Gasteiger partial charge >= 0.3 is 5.38 Å². The molecule has 0 fully saturated rings. The molecule has 0 amide bonds. The minimum atomic E-state index is -3.71. The number of nitrogens with zero attached hydrogens (tertiary/aromatic N) is 1. The molecule has 0 bridgehead atoms. The molecule has 0 spiro atoms. The van der Waals surface area contributed by atoms with E-state index in [0.29, 0.717) is 0 Å². The second kappa shape index (κ2) is 4.06. The highest BCUT2D eigenvalue weighted by Gasteiger charge is 2.37. The second-order valence-corrected chi connectivity index (χ2v) is 3.11. The summed E-state index contributed by atoms with van der Waals surface area (Å²) in [6, 6.07) is 1.24. The van der Waals surface area contributed by atoms with E-state index < -0.39 is 11.5 Å². The number of hydrogen-bond donors (Lipinski definition) is 1. The lowest BCUT2D eigenvalue weighted by Crippen LogP contribution is -2.19.